The molecule has 10 heteroatoms. The maximum absolute atomic E-state index is 13.2. The van der Waals surface area contributed by atoms with Crippen LogP contribution in [-0.2, 0) is 9.59 Å². The lowest BCUT2D eigenvalue weighted by atomic mass is 9.93. The highest BCUT2D eigenvalue weighted by Crippen LogP contribution is 2.39. The van der Waals surface area contributed by atoms with Crippen LogP contribution < -0.4 is 20.7 Å². The third-order valence-corrected chi connectivity index (χ3v) is 7.22. The Morgan fingerprint density at radius 1 is 1.19 bits per heavy atom. The van der Waals surface area contributed by atoms with Crippen LogP contribution in [0, 0.1) is 17.2 Å². The van der Waals surface area contributed by atoms with E-state index < -0.39 is 29.8 Å². The summed E-state index contributed by atoms with van der Waals surface area (Å²) in [5.41, 5.74) is 2.29. The van der Waals surface area contributed by atoms with Gasteiger partial charge in [-0.3, -0.25) is 14.4 Å². The SMILES string of the molecule is COc1cccc2[nH]c(C(=O)NC(CC3CC3)C(=O)NC(C#N)CC3C(=O)Nc4c(Cl)cccc43)cc12. The van der Waals surface area contributed by atoms with Crippen molar-refractivity contribution in [3.05, 3.63) is 58.7 Å². The number of H-pyrrole nitrogens is 1. The predicted molar refractivity (Wildman–Crippen MR) is 138 cm³/mol. The minimum absolute atomic E-state index is 0.0906. The first kappa shape index (κ1) is 24.7. The number of ether oxygens (including phenoxy) is 1. The van der Waals surface area contributed by atoms with Crippen molar-refractivity contribution < 1.29 is 19.1 Å². The lowest BCUT2D eigenvalue weighted by molar-refractivity contribution is -0.124. The molecule has 0 bridgehead atoms. The number of rotatable bonds is 9. The Bertz CT molecular complexity index is 1420. The molecule has 9 nitrogen and oxygen atoms in total. The summed E-state index contributed by atoms with van der Waals surface area (Å²) < 4.78 is 5.37. The first-order valence-corrected chi connectivity index (χ1v) is 12.5. The number of aromatic amines is 1. The van der Waals surface area contributed by atoms with E-state index in [0.717, 1.165) is 23.7 Å². The monoisotopic (exact) mass is 519 g/mol. The molecule has 3 amide bonds. The minimum Gasteiger partial charge on any atom is -0.496 e. The Morgan fingerprint density at radius 2 is 1.97 bits per heavy atom. The number of carbonyl (C=O) groups is 3. The van der Waals surface area contributed by atoms with Gasteiger partial charge >= 0.3 is 0 Å². The molecule has 0 saturated heterocycles. The lowest BCUT2D eigenvalue weighted by Gasteiger charge is -2.21. The summed E-state index contributed by atoms with van der Waals surface area (Å²) in [6.45, 7) is 0. The standard InChI is InChI=1S/C27H26ClN5O4/c1-37-23-7-3-6-20-18(23)12-22(31-20)27(36)32-21(10-14-8-9-14)26(35)30-15(13-29)11-17-16-4-2-5-19(28)24(16)33-25(17)34/h2-7,12,14-15,17,21,31H,8-11H2,1H3,(H,30,35)(H,32,36)(H,33,34). The molecule has 0 radical (unpaired) electrons. The molecule has 3 unspecified atom stereocenters. The minimum atomic E-state index is -0.927. The Morgan fingerprint density at radius 3 is 2.70 bits per heavy atom. The molecule has 2 aliphatic rings. The maximum atomic E-state index is 13.2. The van der Waals surface area contributed by atoms with Gasteiger partial charge in [0.15, 0.2) is 0 Å². The molecular formula is C27H26ClN5O4. The van der Waals surface area contributed by atoms with Crippen LogP contribution in [-0.4, -0.2) is 41.9 Å². The Labute approximate surface area is 218 Å². The smallest absolute Gasteiger partial charge is 0.268 e. The fourth-order valence-corrected chi connectivity index (χ4v) is 5.01. The normalized spacial score (nSPS) is 17.9. The number of methoxy groups -OCH3 is 1. The molecule has 1 saturated carbocycles. The van der Waals surface area contributed by atoms with E-state index in [-0.39, 0.29) is 12.3 Å². The number of nitrogens with zero attached hydrogens (tertiary/aromatic N) is 1. The second-order valence-corrected chi connectivity index (χ2v) is 9.89. The van der Waals surface area contributed by atoms with Crippen molar-refractivity contribution >= 4 is 45.9 Å². The van der Waals surface area contributed by atoms with E-state index in [2.05, 4.69) is 27.0 Å². The van der Waals surface area contributed by atoms with Gasteiger partial charge in [-0.25, -0.2) is 0 Å². The summed E-state index contributed by atoms with van der Waals surface area (Å²) in [5.74, 6) is -0.785. The molecule has 3 atom stereocenters. The van der Waals surface area contributed by atoms with Crippen LogP contribution in [0.5, 0.6) is 5.75 Å². The van der Waals surface area contributed by atoms with Gasteiger partial charge in [0, 0.05) is 10.9 Å². The van der Waals surface area contributed by atoms with Crippen LogP contribution in [0.2, 0.25) is 5.02 Å². The second kappa shape index (κ2) is 10.1. The summed E-state index contributed by atoms with van der Waals surface area (Å²) in [4.78, 5) is 42.0. The Hall–Kier alpha value is -4.03. The number of nitriles is 1. The van der Waals surface area contributed by atoms with E-state index in [9.17, 15) is 19.6 Å². The van der Waals surface area contributed by atoms with Gasteiger partial charge in [-0.05, 0) is 48.6 Å². The molecule has 0 spiro atoms. The first-order chi connectivity index (χ1) is 17.9. The number of halogens is 1. The Kier molecular flexibility index (Phi) is 6.76. The summed E-state index contributed by atoms with van der Waals surface area (Å²) in [5, 5.41) is 19.3. The third-order valence-electron chi connectivity index (χ3n) is 6.91. The zero-order valence-electron chi connectivity index (χ0n) is 20.1. The number of fused-ring (bicyclic) bond motifs is 2. The molecule has 3 aromatic rings. The highest BCUT2D eigenvalue weighted by atomic mass is 35.5. The van der Waals surface area contributed by atoms with Crippen molar-refractivity contribution in [3.8, 4) is 11.8 Å². The van der Waals surface area contributed by atoms with Gasteiger partial charge in [0.1, 0.15) is 23.5 Å². The molecule has 190 valence electrons. The van der Waals surface area contributed by atoms with Crippen LogP contribution >= 0.6 is 11.6 Å². The molecule has 4 N–H and O–H groups in total. The fraction of sp³-hybridized carbons (Fsp3) is 0.333. The van der Waals surface area contributed by atoms with E-state index in [1.54, 1.807) is 37.4 Å². The molecule has 2 heterocycles. The number of para-hydroxylation sites is 1. The van der Waals surface area contributed by atoms with E-state index in [4.69, 9.17) is 16.3 Å². The van der Waals surface area contributed by atoms with Gasteiger partial charge in [0.05, 0.1) is 29.8 Å². The average Bonchev–Trinajstić information content (AvgIpc) is 3.50. The van der Waals surface area contributed by atoms with Gasteiger partial charge < -0.3 is 25.7 Å². The highest BCUT2D eigenvalue weighted by Gasteiger charge is 2.36. The average molecular weight is 520 g/mol. The topological polar surface area (TPSA) is 136 Å². The van der Waals surface area contributed by atoms with E-state index in [1.165, 1.54) is 0 Å². The number of hydrogen-bond acceptors (Lipinski definition) is 5. The molecule has 2 aromatic carbocycles. The molecule has 1 aliphatic carbocycles. The third kappa shape index (κ3) is 5.11. The van der Waals surface area contributed by atoms with Crippen LogP contribution in [0.15, 0.2) is 42.5 Å². The quantitative estimate of drug-likeness (QED) is 0.340. The number of nitrogens with one attached hydrogen (secondary N) is 4. The second-order valence-electron chi connectivity index (χ2n) is 9.48. The van der Waals surface area contributed by atoms with Gasteiger partial charge in [0.2, 0.25) is 11.8 Å². The van der Waals surface area contributed by atoms with Crippen LogP contribution in [0.3, 0.4) is 0 Å². The van der Waals surface area contributed by atoms with Crippen molar-refractivity contribution in [3.63, 3.8) is 0 Å². The van der Waals surface area contributed by atoms with Gasteiger partial charge in [-0.1, -0.05) is 42.6 Å². The molecule has 1 aromatic heterocycles. The number of anilines is 1. The zero-order valence-corrected chi connectivity index (χ0v) is 20.9. The van der Waals surface area contributed by atoms with Crippen molar-refractivity contribution in [2.24, 2.45) is 5.92 Å². The molecule has 1 fully saturated rings. The largest absolute Gasteiger partial charge is 0.496 e. The molecular weight excluding hydrogens is 494 g/mol. The van der Waals surface area contributed by atoms with Crippen LogP contribution in [0.25, 0.3) is 10.9 Å². The van der Waals surface area contributed by atoms with Gasteiger partial charge in [0.25, 0.3) is 5.91 Å². The highest BCUT2D eigenvalue weighted by molar-refractivity contribution is 6.34. The van der Waals surface area contributed by atoms with Crippen molar-refractivity contribution in [2.45, 2.75) is 43.7 Å². The van der Waals surface area contributed by atoms with Gasteiger partial charge in [-0.15, -0.1) is 0 Å². The van der Waals surface area contributed by atoms with Crippen LogP contribution in [0.1, 0.15) is 47.7 Å². The predicted octanol–water partition coefficient (Wildman–Crippen LogP) is 3.86. The number of hydrogen-bond donors (Lipinski definition) is 4. The van der Waals surface area contributed by atoms with Crippen LogP contribution in [0.4, 0.5) is 5.69 Å². The van der Waals surface area contributed by atoms with Crippen molar-refractivity contribution in [2.75, 3.05) is 12.4 Å². The van der Waals surface area contributed by atoms with E-state index in [1.807, 2.05) is 12.1 Å². The summed E-state index contributed by atoms with van der Waals surface area (Å²) >= 11 is 6.19. The van der Waals surface area contributed by atoms with Crippen molar-refractivity contribution in [1.82, 2.24) is 15.6 Å². The lowest BCUT2D eigenvalue weighted by Crippen LogP contribution is -2.50. The fourth-order valence-electron chi connectivity index (χ4n) is 4.78. The maximum Gasteiger partial charge on any atom is 0.268 e. The summed E-state index contributed by atoms with van der Waals surface area (Å²) in [6, 6.07) is 12.7. The molecule has 37 heavy (non-hydrogen) atoms. The number of amides is 3. The first-order valence-electron chi connectivity index (χ1n) is 12.1. The van der Waals surface area contributed by atoms with Crippen molar-refractivity contribution in [1.29, 1.82) is 5.26 Å². The zero-order chi connectivity index (χ0) is 26.1. The number of carbonyl (C=O) groups excluding carboxylic acids is 3. The Balaban J connectivity index is 1.29. The summed E-state index contributed by atoms with van der Waals surface area (Å²) in [6.07, 6.45) is 2.55. The van der Waals surface area contributed by atoms with E-state index >= 15 is 0 Å². The number of benzene rings is 2. The number of aromatic nitrogens is 1. The van der Waals surface area contributed by atoms with E-state index in [0.29, 0.717) is 40.1 Å². The molecule has 5 rings (SSSR count). The molecule has 1 aliphatic heterocycles. The van der Waals surface area contributed by atoms with Gasteiger partial charge in [-0.2, -0.15) is 5.26 Å². The summed E-state index contributed by atoms with van der Waals surface area (Å²) in [7, 11) is 1.56.